The zero-order valence-electron chi connectivity index (χ0n) is 19.8. The number of carboxylic acids is 1. The van der Waals surface area contributed by atoms with Crippen molar-refractivity contribution in [2.75, 3.05) is 25.1 Å². The normalized spacial score (nSPS) is 19.0. The fourth-order valence-corrected chi connectivity index (χ4v) is 5.11. The Morgan fingerprint density at radius 1 is 1.25 bits per heavy atom. The fourth-order valence-electron chi connectivity index (χ4n) is 3.83. The number of aromatic nitrogens is 1. The number of carbonyl (C=O) groups excluding carboxylic acids is 1. The van der Waals surface area contributed by atoms with Gasteiger partial charge in [0.15, 0.2) is 8.32 Å². The second-order valence-corrected chi connectivity index (χ2v) is 14.7. The zero-order chi connectivity index (χ0) is 23.7. The Labute approximate surface area is 190 Å². The topological polar surface area (TPSA) is 89.0 Å². The number of esters is 1. The number of ether oxygens (including phenoxy) is 1. The Kier molecular flexibility index (Phi) is 6.95. The zero-order valence-corrected chi connectivity index (χ0v) is 20.8. The van der Waals surface area contributed by atoms with Crippen molar-refractivity contribution in [3.05, 3.63) is 35.9 Å². The second kappa shape index (κ2) is 9.19. The van der Waals surface area contributed by atoms with E-state index in [1.165, 1.54) is 7.11 Å². The lowest BCUT2D eigenvalue weighted by Gasteiger charge is -2.45. The molecule has 3 rings (SSSR count). The molecule has 0 radical (unpaired) electrons. The third kappa shape index (κ3) is 4.96. The van der Waals surface area contributed by atoms with E-state index in [-0.39, 0.29) is 17.4 Å². The van der Waals surface area contributed by atoms with Gasteiger partial charge >= 0.3 is 11.9 Å². The highest BCUT2D eigenvalue weighted by atomic mass is 28.4. The molecule has 174 valence electrons. The van der Waals surface area contributed by atoms with Crippen LogP contribution in [0.4, 0.5) is 5.82 Å². The predicted octanol–water partition coefficient (Wildman–Crippen LogP) is 4.77. The minimum absolute atomic E-state index is 0.0310. The summed E-state index contributed by atoms with van der Waals surface area (Å²) in [4.78, 5) is 30.9. The van der Waals surface area contributed by atoms with Crippen LogP contribution >= 0.6 is 0 Å². The molecule has 2 heterocycles. The van der Waals surface area contributed by atoms with Gasteiger partial charge in [-0.3, -0.25) is 9.59 Å². The van der Waals surface area contributed by atoms with E-state index in [1.54, 1.807) is 0 Å². The smallest absolute Gasteiger partial charge is 0.313 e. The molecule has 1 aliphatic rings. The molecule has 2 atom stereocenters. The maximum Gasteiger partial charge on any atom is 0.313 e. The molecule has 32 heavy (non-hydrogen) atoms. The average molecular weight is 459 g/mol. The molecule has 0 aliphatic carbocycles. The number of anilines is 1. The molecular formula is C24H34N2O5Si. The molecule has 2 aromatic rings. The van der Waals surface area contributed by atoms with Crippen molar-refractivity contribution in [2.45, 2.75) is 57.8 Å². The maximum absolute atomic E-state index is 12.9. The Morgan fingerprint density at radius 2 is 1.94 bits per heavy atom. The van der Waals surface area contributed by atoms with Crippen molar-refractivity contribution in [1.29, 1.82) is 0 Å². The summed E-state index contributed by atoms with van der Waals surface area (Å²) in [5.74, 6) is -0.916. The van der Waals surface area contributed by atoms with E-state index >= 15 is 0 Å². The summed E-state index contributed by atoms with van der Waals surface area (Å²) in [6.07, 6.45) is 0.0584. The van der Waals surface area contributed by atoms with Gasteiger partial charge in [-0.15, -0.1) is 0 Å². The predicted molar refractivity (Wildman–Crippen MR) is 127 cm³/mol. The molecule has 0 saturated heterocycles. The molecule has 1 N–H and O–H groups in total. The summed E-state index contributed by atoms with van der Waals surface area (Å²) in [7, 11) is -0.825. The van der Waals surface area contributed by atoms with Crippen LogP contribution in [0.1, 0.15) is 45.3 Å². The van der Waals surface area contributed by atoms with Crippen molar-refractivity contribution < 1.29 is 23.9 Å². The number of methoxy groups -OCH3 is 1. The number of hydrogen-bond donors (Lipinski definition) is 1. The first-order valence-corrected chi connectivity index (χ1v) is 14.0. The van der Waals surface area contributed by atoms with Crippen molar-refractivity contribution in [1.82, 2.24) is 4.98 Å². The van der Waals surface area contributed by atoms with E-state index in [1.807, 2.05) is 29.2 Å². The minimum atomic E-state index is -2.22. The van der Waals surface area contributed by atoms with Crippen molar-refractivity contribution >= 4 is 37.0 Å². The molecule has 0 amide bonds. The largest absolute Gasteiger partial charge is 0.481 e. The maximum atomic E-state index is 12.9. The average Bonchev–Trinajstić information content (AvgIpc) is 2.72. The first kappa shape index (κ1) is 24.2. The number of benzene rings is 1. The number of pyridine rings is 1. The first-order valence-electron chi connectivity index (χ1n) is 11.1. The number of aliphatic carboxylic acids is 1. The molecule has 1 aliphatic heterocycles. The van der Waals surface area contributed by atoms with Crippen molar-refractivity contribution in [3.8, 4) is 0 Å². The van der Waals surface area contributed by atoms with Gasteiger partial charge in [0.25, 0.3) is 0 Å². The number of rotatable bonds is 7. The number of carbonyl (C=O) groups is 2. The van der Waals surface area contributed by atoms with E-state index in [2.05, 4.69) is 39.9 Å². The molecule has 0 fully saturated rings. The molecule has 7 nitrogen and oxygen atoms in total. The van der Waals surface area contributed by atoms with E-state index in [0.717, 1.165) is 22.3 Å². The van der Waals surface area contributed by atoms with Gasteiger partial charge in [0.2, 0.25) is 0 Å². The van der Waals surface area contributed by atoms with E-state index in [4.69, 9.17) is 19.3 Å². The lowest BCUT2D eigenvalue weighted by Crippen LogP contribution is -2.49. The molecule has 0 spiro atoms. The monoisotopic (exact) mass is 458 g/mol. The highest BCUT2D eigenvalue weighted by molar-refractivity contribution is 6.74. The second-order valence-electron chi connectivity index (χ2n) is 9.97. The summed E-state index contributed by atoms with van der Waals surface area (Å²) >= 11 is 0. The molecule has 1 aromatic heterocycles. The van der Waals surface area contributed by atoms with Crippen LogP contribution in [0.3, 0.4) is 0 Å². The Bertz CT molecular complexity index is 1000. The summed E-state index contributed by atoms with van der Waals surface area (Å²) in [5.41, 5.74) is 1.72. The minimum Gasteiger partial charge on any atom is -0.481 e. The SMILES string of the molecule is COC(=O)[C@H]1CN(CCCC(=O)O)c2nc3ccccc3cc2[C@H]1O[Si](C)(C)C(C)(C)C. The van der Waals surface area contributed by atoms with Gasteiger partial charge < -0.3 is 19.2 Å². The summed E-state index contributed by atoms with van der Waals surface area (Å²) in [6, 6.07) is 9.93. The number of fused-ring (bicyclic) bond motifs is 2. The Hall–Kier alpha value is -2.45. The lowest BCUT2D eigenvalue weighted by atomic mass is 9.90. The van der Waals surface area contributed by atoms with Crippen LogP contribution < -0.4 is 4.90 Å². The highest BCUT2D eigenvalue weighted by Crippen LogP contribution is 2.46. The summed E-state index contributed by atoms with van der Waals surface area (Å²) in [5, 5.41) is 10.0. The third-order valence-electron chi connectivity index (χ3n) is 6.67. The number of nitrogens with zero attached hydrogens (tertiary/aromatic N) is 2. The Morgan fingerprint density at radius 3 is 2.56 bits per heavy atom. The van der Waals surface area contributed by atoms with Gasteiger partial charge in [-0.1, -0.05) is 39.0 Å². The van der Waals surface area contributed by atoms with Crippen LogP contribution in [-0.4, -0.2) is 50.5 Å². The van der Waals surface area contributed by atoms with Gasteiger partial charge in [-0.25, -0.2) is 4.98 Å². The lowest BCUT2D eigenvalue weighted by molar-refractivity contribution is -0.149. The standard InChI is InChI=1S/C24H34N2O5Si/c1-24(2,3)32(5,6)31-21-17-14-16-10-7-8-11-19(16)25-22(17)26(13-9-12-20(27)28)15-18(21)23(29)30-4/h7-8,10-11,14,18,21H,9,12-13,15H2,1-6H3,(H,27,28)/t18-,21+/m0/s1. The molecule has 0 unspecified atom stereocenters. The molecule has 0 bridgehead atoms. The van der Waals surface area contributed by atoms with Crippen LogP contribution in [0.5, 0.6) is 0 Å². The molecule has 0 saturated carbocycles. The van der Waals surface area contributed by atoms with E-state index in [9.17, 15) is 9.59 Å². The highest BCUT2D eigenvalue weighted by Gasteiger charge is 2.46. The number of hydrogen-bond acceptors (Lipinski definition) is 6. The quantitative estimate of drug-likeness (QED) is 0.472. The molecular weight excluding hydrogens is 424 g/mol. The van der Waals surface area contributed by atoms with E-state index < -0.39 is 26.3 Å². The van der Waals surface area contributed by atoms with Crippen molar-refractivity contribution in [3.63, 3.8) is 0 Å². The van der Waals surface area contributed by atoms with Gasteiger partial charge in [0.1, 0.15) is 11.7 Å². The number of carboxylic acid groups (broad SMARTS) is 1. The Balaban J connectivity index is 2.12. The summed E-state index contributed by atoms with van der Waals surface area (Å²) in [6.45, 7) is 11.7. The van der Waals surface area contributed by atoms with Gasteiger partial charge in [0, 0.05) is 30.5 Å². The summed E-state index contributed by atoms with van der Waals surface area (Å²) < 4.78 is 12.0. The van der Waals surface area contributed by atoms with Gasteiger partial charge in [-0.2, -0.15) is 0 Å². The van der Waals surface area contributed by atoms with Crippen LogP contribution in [0.25, 0.3) is 10.9 Å². The first-order chi connectivity index (χ1) is 14.9. The van der Waals surface area contributed by atoms with Gasteiger partial charge in [0.05, 0.1) is 18.7 Å². The van der Waals surface area contributed by atoms with E-state index in [0.29, 0.717) is 19.5 Å². The van der Waals surface area contributed by atoms with Crippen LogP contribution in [0.2, 0.25) is 18.1 Å². The van der Waals surface area contributed by atoms with Crippen LogP contribution in [0, 0.1) is 5.92 Å². The van der Waals surface area contributed by atoms with Crippen LogP contribution in [0.15, 0.2) is 30.3 Å². The third-order valence-corrected chi connectivity index (χ3v) is 11.1. The molecule has 1 aromatic carbocycles. The van der Waals surface area contributed by atoms with Crippen molar-refractivity contribution in [2.24, 2.45) is 5.92 Å². The number of para-hydroxylation sites is 1. The van der Waals surface area contributed by atoms with Crippen LogP contribution in [-0.2, 0) is 18.8 Å². The fraction of sp³-hybridized carbons (Fsp3) is 0.542. The van der Waals surface area contributed by atoms with Gasteiger partial charge in [-0.05, 0) is 36.7 Å². The molecule has 8 heteroatoms.